The number of hydrogen-bond donors (Lipinski definition) is 0. The quantitative estimate of drug-likeness (QED) is 0.0860. The molecule has 6 rings (SSSR count). The van der Waals surface area contributed by atoms with Crippen LogP contribution in [0.2, 0.25) is 0 Å². The zero-order chi connectivity index (χ0) is 33.3. The van der Waals surface area contributed by atoms with Crippen molar-refractivity contribution in [3.63, 3.8) is 0 Å². The van der Waals surface area contributed by atoms with Crippen molar-refractivity contribution in [2.45, 2.75) is 13.8 Å². The number of benzene rings is 6. The minimum absolute atomic E-state index is 0.343. The fourth-order valence-corrected chi connectivity index (χ4v) is 5.56. The van der Waals surface area contributed by atoms with Gasteiger partial charge in [-0.3, -0.25) is 4.79 Å². The van der Waals surface area contributed by atoms with Gasteiger partial charge in [0.25, 0.3) is 0 Å². The van der Waals surface area contributed by atoms with Crippen molar-refractivity contribution in [3.05, 3.63) is 185 Å². The number of carbonyl (C=O) groups is 1. The number of nitrogens with zero attached hydrogens (tertiary/aromatic N) is 1. The van der Waals surface area contributed by atoms with Gasteiger partial charge in [0.1, 0.15) is 11.5 Å². The first-order chi connectivity index (χ1) is 23.4. The minimum atomic E-state index is -0.343. The Morgan fingerprint density at radius 2 is 1.10 bits per heavy atom. The highest BCUT2D eigenvalue weighted by molar-refractivity contribution is 5.92. The van der Waals surface area contributed by atoms with Gasteiger partial charge in [-0.15, -0.1) is 0 Å². The summed E-state index contributed by atoms with van der Waals surface area (Å²) in [6.07, 6.45) is 6.45. The summed E-state index contributed by atoms with van der Waals surface area (Å²) in [6, 6.07) is 51.8. The van der Waals surface area contributed by atoms with Crippen LogP contribution in [0, 0.1) is 6.92 Å². The summed E-state index contributed by atoms with van der Waals surface area (Å²) in [5, 5.41) is 0. The van der Waals surface area contributed by atoms with Gasteiger partial charge in [-0.25, -0.2) is 0 Å². The van der Waals surface area contributed by atoms with Crippen LogP contribution in [0.1, 0.15) is 40.3 Å². The Labute approximate surface area is 282 Å². The first kappa shape index (κ1) is 31.8. The van der Waals surface area contributed by atoms with E-state index in [1.807, 2.05) is 54.6 Å². The summed E-state index contributed by atoms with van der Waals surface area (Å²) in [4.78, 5) is 13.7. The molecule has 4 heteroatoms. The second-order valence-corrected chi connectivity index (χ2v) is 11.5. The molecule has 0 amide bonds. The molecular formula is C44H37NO3. The lowest BCUT2D eigenvalue weighted by Crippen LogP contribution is -2.10. The Hall–Kier alpha value is -6.13. The van der Waals surface area contributed by atoms with E-state index >= 15 is 0 Å². The molecule has 0 bridgehead atoms. The molecular weight excluding hydrogens is 590 g/mol. The standard InChI is InChI=1S/C44H37NO3/c1-32-8-7-11-41(30-32)45(39-22-14-35(15-23-39)13-12-34-9-5-4-6-10-34)40-24-16-36(17-25-40)31-44(37-18-26-42(47-3)27-19-37)38-20-28-43(29-21-38)48-33(2)46/h4-31H,1-3H3. The monoisotopic (exact) mass is 627 g/mol. The molecule has 48 heavy (non-hydrogen) atoms. The number of methoxy groups -OCH3 is 1. The summed E-state index contributed by atoms with van der Waals surface area (Å²) in [5.41, 5.74) is 10.9. The van der Waals surface area contributed by atoms with Crippen molar-refractivity contribution in [3.8, 4) is 11.5 Å². The second kappa shape index (κ2) is 15.0. The highest BCUT2D eigenvalue weighted by Crippen LogP contribution is 2.36. The number of anilines is 3. The molecule has 0 radical (unpaired) electrons. The van der Waals surface area contributed by atoms with Crippen LogP contribution in [0.4, 0.5) is 17.1 Å². The Morgan fingerprint density at radius 1 is 0.562 bits per heavy atom. The van der Waals surface area contributed by atoms with Gasteiger partial charge in [0, 0.05) is 24.0 Å². The molecule has 6 aromatic rings. The maximum Gasteiger partial charge on any atom is 0.308 e. The maximum absolute atomic E-state index is 11.5. The molecule has 0 unspecified atom stereocenters. The molecule has 6 aromatic carbocycles. The van der Waals surface area contributed by atoms with Crippen LogP contribution >= 0.6 is 0 Å². The molecule has 0 fully saturated rings. The third-order valence-electron chi connectivity index (χ3n) is 7.97. The van der Waals surface area contributed by atoms with Crippen LogP contribution in [0.15, 0.2) is 152 Å². The van der Waals surface area contributed by atoms with Crippen molar-refractivity contribution in [1.29, 1.82) is 0 Å². The molecule has 0 spiro atoms. The molecule has 0 aliphatic heterocycles. The lowest BCUT2D eigenvalue weighted by Gasteiger charge is -2.26. The summed E-state index contributed by atoms with van der Waals surface area (Å²) in [5.74, 6) is 0.967. The normalized spacial score (nSPS) is 11.4. The third-order valence-corrected chi connectivity index (χ3v) is 7.97. The van der Waals surface area contributed by atoms with Gasteiger partial charge in [0.2, 0.25) is 0 Å². The zero-order valence-electron chi connectivity index (χ0n) is 27.3. The van der Waals surface area contributed by atoms with Crippen molar-refractivity contribution < 1.29 is 14.3 Å². The molecule has 4 nitrogen and oxygen atoms in total. The van der Waals surface area contributed by atoms with Crippen LogP contribution in [-0.4, -0.2) is 13.1 Å². The van der Waals surface area contributed by atoms with E-state index in [0.717, 1.165) is 50.6 Å². The van der Waals surface area contributed by atoms with E-state index < -0.39 is 0 Å². The fourth-order valence-electron chi connectivity index (χ4n) is 5.56. The average Bonchev–Trinajstić information content (AvgIpc) is 3.12. The van der Waals surface area contributed by atoms with Crippen molar-refractivity contribution in [2.24, 2.45) is 0 Å². The van der Waals surface area contributed by atoms with E-state index in [4.69, 9.17) is 9.47 Å². The summed E-state index contributed by atoms with van der Waals surface area (Å²) >= 11 is 0. The summed E-state index contributed by atoms with van der Waals surface area (Å²) < 4.78 is 10.7. The number of hydrogen-bond acceptors (Lipinski definition) is 4. The SMILES string of the molecule is COc1ccc(C(=Cc2ccc(N(c3ccc(C=Cc4ccccc4)cc3)c3cccc(C)c3)cc2)c2ccc(OC(C)=O)cc2)cc1. The minimum Gasteiger partial charge on any atom is -0.497 e. The van der Waals surface area contributed by atoms with E-state index in [0.29, 0.717) is 5.75 Å². The third kappa shape index (κ3) is 7.98. The fraction of sp³-hybridized carbons (Fsp3) is 0.0682. The van der Waals surface area contributed by atoms with Crippen molar-refractivity contribution in [2.75, 3.05) is 12.0 Å². The number of ether oxygens (including phenoxy) is 2. The molecule has 236 valence electrons. The van der Waals surface area contributed by atoms with E-state index in [1.165, 1.54) is 18.1 Å². The van der Waals surface area contributed by atoms with Crippen LogP contribution in [-0.2, 0) is 4.79 Å². The Bertz CT molecular complexity index is 2030. The largest absolute Gasteiger partial charge is 0.497 e. The van der Waals surface area contributed by atoms with Crippen LogP contribution in [0.3, 0.4) is 0 Å². The highest BCUT2D eigenvalue weighted by atomic mass is 16.5. The lowest BCUT2D eigenvalue weighted by atomic mass is 9.95. The average molecular weight is 628 g/mol. The molecule has 0 N–H and O–H groups in total. The maximum atomic E-state index is 11.5. The summed E-state index contributed by atoms with van der Waals surface area (Å²) in [6.45, 7) is 3.52. The molecule has 0 saturated heterocycles. The number of carbonyl (C=O) groups excluding carboxylic acids is 1. The zero-order valence-corrected chi connectivity index (χ0v) is 27.3. The smallest absolute Gasteiger partial charge is 0.308 e. The van der Waals surface area contributed by atoms with Gasteiger partial charge in [-0.05, 0) is 113 Å². The number of rotatable bonds is 10. The molecule has 0 saturated carbocycles. The van der Waals surface area contributed by atoms with E-state index in [2.05, 4.69) is 127 Å². The van der Waals surface area contributed by atoms with Crippen molar-refractivity contribution >= 4 is 46.8 Å². The number of esters is 1. The summed E-state index contributed by atoms with van der Waals surface area (Å²) in [7, 11) is 1.67. The molecule has 0 atom stereocenters. The van der Waals surface area contributed by atoms with E-state index in [1.54, 1.807) is 7.11 Å². The first-order valence-corrected chi connectivity index (χ1v) is 15.9. The van der Waals surface area contributed by atoms with Crippen molar-refractivity contribution in [1.82, 2.24) is 0 Å². The van der Waals surface area contributed by atoms with Gasteiger partial charge in [0.05, 0.1) is 7.11 Å². The Balaban J connectivity index is 1.34. The van der Waals surface area contributed by atoms with Crippen LogP contribution in [0.25, 0.3) is 23.8 Å². The number of aryl methyl sites for hydroxylation is 1. The van der Waals surface area contributed by atoms with Gasteiger partial charge in [-0.1, -0.05) is 103 Å². The first-order valence-electron chi connectivity index (χ1n) is 15.9. The lowest BCUT2D eigenvalue weighted by molar-refractivity contribution is -0.131. The van der Waals surface area contributed by atoms with Gasteiger partial charge in [-0.2, -0.15) is 0 Å². The molecule has 0 aromatic heterocycles. The Morgan fingerprint density at radius 3 is 1.65 bits per heavy atom. The van der Waals surface area contributed by atoms with E-state index in [9.17, 15) is 4.79 Å². The highest BCUT2D eigenvalue weighted by Gasteiger charge is 2.13. The van der Waals surface area contributed by atoms with Crippen LogP contribution in [0.5, 0.6) is 11.5 Å². The topological polar surface area (TPSA) is 38.8 Å². The Kier molecular flexibility index (Phi) is 9.93. The van der Waals surface area contributed by atoms with E-state index in [-0.39, 0.29) is 5.97 Å². The molecule has 0 aliphatic rings. The molecule has 0 heterocycles. The van der Waals surface area contributed by atoms with Gasteiger partial charge < -0.3 is 14.4 Å². The van der Waals surface area contributed by atoms with Gasteiger partial charge >= 0.3 is 5.97 Å². The van der Waals surface area contributed by atoms with Crippen LogP contribution < -0.4 is 14.4 Å². The predicted molar refractivity (Wildman–Crippen MR) is 199 cm³/mol. The predicted octanol–water partition coefficient (Wildman–Crippen LogP) is 11.2. The van der Waals surface area contributed by atoms with Gasteiger partial charge in [0.15, 0.2) is 0 Å². The second-order valence-electron chi connectivity index (χ2n) is 11.5. The molecule has 0 aliphatic carbocycles.